The van der Waals surface area contributed by atoms with Crippen LogP contribution in [0, 0.1) is 0 Å². The van der Waals surface area contributed by atoms with Crippen molar-refractivity contribution < 1.29 is 4.79 Å². The lowest BCUT2D eigenvalue weighted by Gasteiger charge is -2.20. The summed E-state index contributed by atoms with van der Waals surface area (Å²) < 4.78 is 1.70. The van der Waals surface area contributed by atoms with Gasteiger partial charge < -0.3 is 5.32 Å². The summed E-state index contributed by atoms with van der Waals surface area (Å²) in [5.41, 5.74) is -0.250. The molecule has 0 saturated heterocycles. The van der Waals surface area contributed by atoms with Gasteiger partial charge in [-0.05, 0) is 50.3 Å². The molecule has 0 aliphatic rings. The van der Waals surface area contributed by atoms with E-state index in [1.54, 1.807) is 23.7 Å². The number of rotatable bonds is 4. The smallest absolute Gasteiger partial charge is 0.238 e. The van der Waals surface area contributed by atoms with Crippen molar-refractivity contribution in [1.29, 1.82) is 0 Å². The Hall–Kier alpha value is -1.67. The first-order valence-electron chi connectivity index (χ1n) is 6.65. The van der Waals surface area contributed by atoms with E-state index in [9.17, 15) is 4.79 Å². The highest BCUT2D eigenvalue weighted by Crippen LogP contribution is 2.25. The summed E-state index contributed by atoms with van der Waals surface area (Å²) in [6, 6.07) is 3.32. The van der Waals surface area contributed by atoms with Crippen molar-refractivity contribution in [3.05, 3.63) is 23.4 Å². The van der Waals surface area contributed by atoms with Gasteiger partial charge in [0, 0.05) is 6.20 Å². The number of tetrazole rings is 1. The summed E-state index contributed by atoms with van der Waals surface area (Å²) in [4.78, 5) is 16.2. The van der Waals surface area contributed by atoms with E-state index in [0.717, 1.165) is 0 Å². The van der Waals surface area contributed by atoms with Crippen LogP contribution in [0.2, 0.25) is 5.02 Å². The average molecular weight is 341 g/mol. The Morgan fingerprint density at radius 3 is 2.73 bits per heavy atom. The molecule has 0 aromatic carbocycles. The number of carbonyl (C=O) groups excluding carboxylic acids is 1. The van der Waals surface area contributed by atoms with Crippen LogP contribution in [-0.2, 0) is 10.3 Å². The van der Waals surface area contributed by atoms with Gasteiger partial charge in [0.05, 0.1) is 15.8 Å². The first-order valence-corrected chi connectivity index (χ1v) is 7.91. The monoisotopic (exact) mass is 340 g/mol. The standard InChI is InChI=1S/C13H17ClN6OS/c1-8(11(21)16-10-6-5-9(14)7-15-10)22-12-17-18-19-20(12)13(2,3)4/h5-8H,1-4H3,(H,15,16,21)/t8-/m0/s1. The molecule has 0 spiro atoms. The zero-order chi connectivity index (χ0) is 16.3. The summed E-state index contributed by atoms with van der Waals surface area (Å²) >= 11 is 7.06. The lowest BCUT2D eigenvalue weighted by molar-refractivity contribution is -0.115. The molecule has 0 bridgehead atoms. The van der Waals surface area contributed by atoms with Crippen LogP contribution in [0.3, 0.4) is 0 Å². The number of thioether (sulfide) groups is 1. The van der Waals surface area contributed by atoms with Crippen molar-refractivity contribution in [2.75, 3.05) is 5.32 Å². The van der Waals surface area contributed by atoms with Gasteiger partial charge in [-0.1, -0.05) is 23.4 Å². The van der Waals surface area contributed by atoms with E-state index in [0.29, 0.717) is 16.0 Å². The highest BCUT2D eigenvalue weighted by Gasteiger charge is 2.24. The maximum atomic E-state index is 12.2. The van der Waals surface area contributed by atoms with Crippen molar-refractivity contribution in [1.82, 2.24) is 25.2 Å². The second-order valence-electron chi connectivity index (χ2n) is 5.66. The topological polar surface area (TPSA) is 85.6 Å². The number of amides is 1. The van der Waals surface area contributed by atoms with E-state index in [4.69, 9.17) is 11.6 Å². The largest absolute Gasteiger partial charge is 0.310 e. The molecule has 7 nitrogen and oxygen atoms in total. The van der Waals surface area contributed by atoms with Crippen LogP contribution >= 0.6 is 23.4 Å². The van der Waals surface area contributed by atoms with Crippen LogP contribution in [0.1, 0.15) is 27.7 Å². The highest BCUT2D eigenvalue weighted by molar-refractivity contribution is 8.00. The van der Waals surface area contributed by atoms with E-state index in [1.807, 2.05) is 20.8 Å². The van der Waals surface area contributed by atoms with E-state index in [-0.39, 0.29) is 16.7 Å². The molecule has 2 heterocycles. The lowest BCUT2D eigenvalue weighted by atomic mass is 10.1. The zero-order valence-corrected chi connectivity index (χ0v) is 14.3. The molecule has 0 aliphatic heterocycles. The molecule has 0 unspecified atom stereocenters. The van der Waals surface area contributed by atoms with E-state index >= 15 is 0 Å². The molecule has 9 heteroatoms. The van der Waals surface area contributed by atoms with Gasteiger partial charge in [0.2, 0.25) is 11.1 Å². The maximum absolute atomic E-state index is 12.2. The maximum Gasteiger partial charge on any atom is 0.238 e. The Kier molecular flexibility index (Phi) is 5.02. The summed E-state index contributed by atoms with van der Waals surface area (Å²) in [6.07, 6.45) is 1.48. The molecule has 2 rings (SSSR count). The van der Waals surface area contributed by atoms with Crippen LogP contribution in [0.5, 0.6) is 0 Å². The third-order valence-corrected chi connectivity index (χ3v) is 3.96. The first-order chi connectivity index (χ1) is 10.3. The van der Waals surface area contributed by atoms with Crippen LogP contribution in [0.15, 0.2) is 23.5 Å². The van der Waals surface area contributed by atoms with Crippen molar-refractivity contribution in [2.24, 2.45) is 0 Å². The van der Waals surface area contributed by atoms with Gasteiger partial charge in [-0.2, -0.15) is 0 Å². The van der Waals surface area contributed by atoms with Gasteiger partial charge in [-0.25, -0.2) is 9.67 Å². The molecule has 118 valence electrons. The average Bonchev–Trinajstić information content (AvgIpc) is 2.89. The molecule has 2 aromatic heterocycles. The summed E-state index contributed by atoms with van der Waals surface area (Å²) in [6.45, 7) is 7.78. The number of anilines is 1. The Balaban J connectivity index is 2.03. The van der Waals surface area contributed by atoms with Crippen LogP contribution in [-0.4, -0.2) is 36.3 Å². The summed E-state index contributed by atoms with van der Waals surface area (Å²) in [7, 11) is 0. The summed E-state index contributed by atoms with van der Waals surface area (Å²) in [5, 5.41) is 15.1. The van der Waals surface area contributed by atoms with Gasteiger partial charge in [-0.3, -0.25) is 4.79 Å². The zero-order valence-electron chi connectivity index (χ0n) is 12.7. The molecule has 1 amide bonds. The fourth-order valence-electron chi connectivity index (χ4n) is 1.56. The summed E-state index contributed by atoms with van der Waals surface area (Å²) in [5.74, 6) is 0.278. The third kappa shape index (κ3) is 4.17. The van der Waals surface area contributed by atoms with Gasteiger partial charge in [0.1, 0.15) is 5.82 Å². The van der Waals surface area contributed by atoms with Crippen LogP contribution in [0.4, 0.5) is 5.82 Å². The number of nitrogens with zero attached hydrogens (tertiary/aromatic N) is 5. The number of carbonyl (C=O) groups is 1. The van der Waals surface area contributed by atoms with Gasteiger partial charge in [0.25, 0.3) is 0 Å². The minimum absolute atomic E-state index is 0.178. The molecule has 0 radical (unpaired) electrons. The molecule has 22 heavy (non-hydrogen) atoms. The number of hydrogen-bond acceptors (Lipinski definition) is 6. The minimum Gasteiger partial charge on any atom is -0.310 e. The van der Waals surface area contributed by atoms with Crippen molar-refractivity contribution in [3.63, 3.8) is 0 Å². The fraction of sp³-hybridized carbons (Fsp3) is 0.462. The molecular weight excluding hydrogens is 324 g/mol. The molecule has 0 fully saturated rings. The Labute approximate surface area is 137 Å². The number of aromatic nitrogens is 5. The normalized spacial score (nSPS) is 13.0. The number of halogens is 1. The molecule has 2 aromatic rings. The quantitative estimate of drug-likeness (QED) is 0.861. The van der Waals surface area contributed by atoms with E-state index in [1.165, 1.54) is 18.0 Å². The Morgan fingerprint density at radius 2 is 2.14 bits per heavy atom. The fourth-order valence-corrected chi connectivity index (χ4v) is 2.65. The second kappa shape index (κ2) is 6.62. The number of hydrogen-bond donors (Lipinski definition) is 1. The molecular formula is C13H17ClN6OS. The second-order valence-corrected chi connectivity index (χ2v) is 7.40. The van der Waals surface area contributed by atoms with Crippen LogP contribution < -0.4 is 5.32 Å². The lowest BCUT2D eigenvalue weighted by Crippen LogP contribution is -2.27. The van der Waals surface area contributed by atoms with Crippen molar-refractivity contribution in [2.45, 2.75) is 43.6 Å². The molecule has 0 saturated carbocycles. The predicted octanol–water partition coefficient (Wildman–Crippen LogP) is 2.60. The molecule has 1 atom stereocenters. The van der Waals surface area contributed by atoms with Crippen molar-refractivity contribution >= 4 is 35.1 Å². The number of pyridine rings is 1. The molecule has 1 N–H and O–H groups in total. The van der Waals surface area contributed by atoms with E-state index in [2.05, 4.69) is 25.8 Å². The van der Waals surface area contributed by atoms with Gasteiger partial charge in [0.15, 0.2) is 0 Å². The number of nitrogens with one attached hydrogen (secondary N) is 1. The van der Waals surface area contributed by atoms with Crippen molar-refractivity contribution in [3.8, 4) is 0 Å². The minimum atomic E-state index is -0.371. The van der Waals surface area contributed by atoms with Gasteiger partial charge in [-0.15, -0.1) is 5.10 Å². The molecule has 0 aliphatic carbocycles. The Bertz CT molecular complexity index is 651. The van der Waals surface area contributed by atoms with E-state index < -0.39 is 0 Å². The SMILES string of the molecule is C[C@H](Sc1nnnn1C(C)(C)C)C(=O)Nc1ccc(Cl)cn1. The Morgan fingerprint density at radius 1 is 1.41 bits per heavy atom. The first kappa shape index (κ1) is 16.7. The van der Waals surface area contributed by atoms with Gasteiger partial charge >= 0.3 is 0 Å². The predicted molar refractivity (Wildman–Crippen MR) is 86.0 cm³/mol. The highest BCUT2D eigenvalue weighted by atomic mass is 35.5. The van der Waals surface area contributed by atoms with Crippen LogP contribution in [0.25, 0.3) is 0 Å². The third-order valence-electron chi connectivity index (χ3n) is 2.71.